The number of alkyl halides is 3. The van der Waals surface area contributed by atoms with E-state index in [2.05, 4.69) is 37.4 Å². The molecule has 57 heavy (non-hydrogen) atoms. The van der Waals surface area contributed by atoms with Gasteiger partial charge in [0.2, 0.25) is 0 Å². The van der Waals surface area contributed by atoms with Crippen molar-refractivity contribution < 1.29 is 22.8 Å². The lowest BCUT2D eigenvalue weighted by Crippen LogP contribution is -2.51. The van der Waals surface area contributed by atoms with Crippen LogP contribution in [0.4, 0.5) is 45.8 Å². The molecule has 4 aromatic carbocycles. The summed E-state index contributed by atoms with van der Waals surface area (Å²) in [4.78, 5) is 46.4. The second-order valence-corrected chi connectivity index (χ2v) is 15.3. The van der Waals surface area contributed by atoms with Crippen LogP contribution in [-0.4, -0.2) is 44.7 Å². The maximum Gasteiger partial charge on any atom is 0.406 e. The van der Waals surface area contributed by atoms with Gasteiger partial charge in [0.25, 0.3) is 0 Å². The Kier molecular flexibility index (Phi) is 12.5. The average Bonchev–Trinajstić information content (AvgIpc) is 3.21. The number of fused-ring (bicyclic) bond motifs is 2. The summed E-state index contributed by atoms with van der Waals surface area (Å²) in [5.41, 5.74) is 4.49. The topological polar surface area (TPSA) is 107 Å². The summed E-state index contributed by atoms with van der Waals surface area (Å²) in [7, 11) is 0. The number of hydrogen-bond acceptors (Lipinski definition) is 8. The number of carbonyl (C=O) groups is 2. The lowest BCUT2D eigenvalue weighted by Gasteiger charge is -2.36. The molecule has 0 bridgehead atoms. The molecule has 290 valence electrons. The number of para-hydroxylation sites is 2. The molecule has 10 nitrogen and oxygen atoms in total. The highest BCUT2D eigenvalue weighted by atomic mass is 35.5. The number of benzene rings is 4. The van der Waals surface area contributed by atoms with Crippen LogP contribution >= 0.6 is 46.7 Å². The quantitative estimate of drug-likeness (QED) is 0.113. The molecule has 8 rings (SSSR count). The van der Waals surface area contributed by atoms with Gasteiger partial charge < -0.3 is 0 Å². The summed E-state index contributed by atoms with van der Waals surface area (Å²) in [6.07, 6.45) is -1.37. The highest BCUT2D eigenvalue weighted by molar-refractivity contribution is 7.98. The molecule has 1 N–H and O–H groups in total. The minimum Gasteiger partial charge on any atom is -0.291 e. The predicted octanol–water partition coefficient (Wildman–Crippen LogP) is 10.9. The van der Waals surface area contributed by atoms with Crippen molar-refractivity contribution in [3.63, 3.8) is 0 Å². The Hall–Kier alpha value is -5.35. The van der Waals surface area contributed by atoms with E-state index in [1.54, 1.807) is 41.4 Å². The molecule has 2 aliphatic heterocycles. The lowest BCUT2D eigenvalue weighted by molar-refractivity contribution is -0.118. The van der Waals surface area contributed by atoms with Crippen molar-refractivity contribution in [2.45, 2.75) is 41.1 Å². The Morgan fingerprint density at radius 2 is 1.14 bits per heavy atom. The van der Waals surface area contributed by atoms with E-state index in [9.17, 15) is 22.8 Å². The number of thioether (sulfide) groups is 2. The largest absolute Gasteiger partial charge is 0.406 e. The Balaban J connectivity index is 0.000000177. The van der Waals surface area contributed by atoms with Gasteiger partial charge in [-0.15, -0.1) is 0 Å². The maximum absolute atomic E-state index is 13.3. The number of amides is 4. The normalized spacial score (nSPS) is 13.7. The van der Waals surface area contributed by atoms with Gasteiger partial charge in [-0.2, -0.15) is 13.2 Å². The third-order valence-corrected chi connectivity index (χ3v) is 11.1. The van der Waals surface area contributed by atoms with Crippen LogP contribution in [0.3, 0.4) is 0 Å². The minimum absolute atomic E-state index is 0.0237. The van der Waals surface area contributed by atoms with Gasteiger partial charge in [-0.1, -0.05) is 132 Å². The van der Waals surface area contributed by atoms with Crippen LogP contribution in [0.1, 0.15) is 22.3 Å². The zero-order chi connectivity index (χ0) is 39.9. The van der Waals surface area contributed by atoms with Gasteiger partial charge in [-0.25, -0.2) is 29.5 Å². The van der Waals surface area contributed by atoms with Gasteiger partial charge in [-0.05, 0) is 35.4 Å². The van der Waals surface area contributed by atoms with Crippen LogP contribution < -0.4 is 20.0 Å². The third-order valence-electron chi connectivity index (χ3n) is 8.55. The average molecular weight is 848 g/mol. The van der Waals surface area contributed by atoms with Crippen LogP contribution in [0.15, 0.2) is 132 Å². The molecule has 0 aliphatic carbocycles. The number of urea groups is 2. The third kappa shape index (κ3) is 9.97. The number of carbonyl (C=O) groups excluding carboxylic acids is 2. The zero-order valence-corrected chi connectivity index (χ0v) is 32.9. The van der Waals surface area contributed by atoms with Crippen molar-refractivity contribution in [2.75, 3.05) is 26.6 Å². The number of aromatic nitrogens is 4. The summed E-state index contributed by atoms with van der Waals surface area (Å²) >= 11 is 15.2. The molecule has 0 unspecified atom stereocenters. The SMILES string of the molecule is O=C1N(c2ccccc2Cl)Cc2cnc(SCc3ccccc3)nc2N1CC(F)(F)F.O=C1Nc2nc(SCc3ccccc3)ncc2CN1c1ccccc1Cl. The van der Waals surface area contributed by atoms with Gasteiger partial charge in [0.1, 0.15) is 18.2 Å². The van der Waals surface area contributed by atoms with Crippen molar-refractivity contribution in [1.29, 1.82) is 0 Å². The van der Waals surface area contributed by atoms with Gasteiger partial charge in [0, 0.05) is 35.0 Å². The molecule has 0 spiro atoms. The first-order valence-electron chi connectivity index (χ1n) is 17.3. The van der Waals surface area contributed by atoms with Crippen LogP contribution in [0.2, 0.25) is 10.0 Å². The Morgan fingerprint density at radius 3 is 1.70 bits per heavy atom. The van der Waals surface area contributed by atoms with Crippen LogP contribution in [-0.2, 0) is 24.6 Å². The molecule has 0 atom stereocenters. The fraction of sp³-hybridized carbons (Fsp3) is 0.150. The van der Waals surface area contributed by atoms with Crippen LogP contribution in [0.25, 0.3) is 0 Å². The van der Waals surface area contributed by atoms with Crippen molar-refractivity contribution in [3.05, 3.63) is 154 Å². The van der Waals surface area contributed by atoms with Crippen LogP contribution in [0.5, 0.6) is 0 Å². The molecule has 6 aromatic rings. The molecule has 0 saturated heterocycles. The van der Waals surface area contributed by atoms with E-state index in [0.717, 1.165) is 16.9 Å². The Morgan fingerprint density at radius 1 is 0.649 bits per heavy atom. The lowest BCUT2D eigenvalue weighted by atomic mass is 10.2. The molecule has 2 aromatic heterocycles. The number of nitrogens with one attached hydrogen (secondary N) is 1. The number of nitrogens with zero attached hydrogens (tertiary/aromatic N) is 7. The highest BCUT2D eigenvalue weighted by Gasteiger charge is 2.41. The molecule has 17 heteroatoms. The monoisotopic (exact) mass is 846 g/mol. The van der Waals surface area contributed by atoms with Crippen LogP contribution in [0, 0.1) is 0 Å². The van der Waals surface area contributed by atoms with Gasteiger partial charge in [-0.3, -0.25) is 20.0 Å². The highest BCUT2D eigenvalue weighted by Crippen LogP contribution is 2.37. The minimum atomic E-state index is -4.60. The summed E-state index contributed by atoms with van der Waals surface area (Å²) in [6.45, 7) is -1.05. The summed E-state index contributed by atoms with van der Waals surface area (Å²) in [5, 5.41) is 4.57. The number of halogens is 5. The fourth-order valence-electron chi connectivity index (χ4n) is 5.86. The molecule has 2 aliphatic rings. The van der Waals surface area contributed by atoms with Crippen molar-refractivity contribution in [1.82, 2.24) is 19.9 Å². The second kappa shape index (κ2) is 17.8. The zero-order valence-electron chi connectivity index (χ0n) is 29.7. The Bertz CT molecular complexity index is 2380. The first kappa shape index (κ1) is 39.9. The Labute approximate surface area is 344 Å². The van der Waals surface area contributed by atoms with E-state index in [-0.39, 0.29) is 23.4 Å². The van der Waals surface area contributed by atoms with Crippen molar-refractivity contribution in [2.24, 2.45) is 0 Å². The number of rotatable bonds is 9. The first-order chi connectivity index (χ1) is 27.5. The fourth-order valence-corrected chi connectivity index (χ4v) is 7.87. The maximum atomic E-state index is 13.3. The van der Waals surface area contributed by atoms with Gasteiger partial charge in [0.05, 0.1) is 34.5 Å². The van der Waals surface area contributed by atoms with Gasteiger partial charge >= 0.3 is 18.2 Å². The van der Waals surface area contributed by atoms with Gasteiger partial charge in [0.15, 0.2) is 10.3 Å². The molecule has 4 heterocycles. The second-order valence-electron chi connectivity index (χ2n) is 12.6. The molecular weight excluding hydrogens is 817 g/mol. The number of anilines is 4. The predicted molar refractivity (Wildman–Crippen MR) is 219 cm³/mol. The first-order valence-corrected chi connectivity index (χ1v) is 20.0. The van der Waals surface area contributed by atoms with E-state index in [1.165, 1.54) is 40.2 Å². The summed E-state index contributed by atoms with van der Waals surface area (Å²) < 4.78 is 39.9. The standard InChI is InChI=1S/C21H16ClF3N4OS.C19H15ClN4OS/c22-16-8-4-5-9-17(16)28-11-15-10-26-19(31-12-14-6-2-1-3-7-14)27-18(15)29(20(28)30)13-21(23,24)25;20-15-8-4-5-9-16(15)24-11-14-10-21-18(22-17(14)23-19(24)25)26-12-13-6-2-1-3-7-13/h1-10H,11-13H2;1-10H,11-12H2,(H,21,22,23,25). The van der Waals surface area contributed by atoms with E-state index < -0.39 is 18.8 Å². The summed E-state index contributed by atoms with van der Waals surface area (Å²) in [5.74, 6) is 1.86. The van der Waals surface area contributed by atoms with Crippen molar-refractivity contribution in [3.8, 4) is 0 Å². The molecular formula is C40H31Cl2F3N8O2S2. The molecule has 0 saturated carbocycles. The summed E-state index contributed by atoms with van der Waals surface area (Å²) in [6, 6.07) is 32.4. The molecule has 0 fully saturated rings. The van der Waals surface area contributed by atoms with E-state index in [1.807, 2.05) is 66.7 Å². The molecule has 0 radical (unpaired) electrons. The smallest absolute Gasteiger partial charge is 0.291 e. The van der Waals surface area contributed by atoms with E-state index in [0.29, 0.717) is 55.3 Å². The van der Waals surface area contributed by atoms with E-state index >= 15 is 0 Å². The van der Waals surface area contributed by atoms with Crippen molar-refractivity contribution >= 4 is 81.8 Å². The number of hydrogen-bond donors (Lipinski definition) is 1. The molecule has 4 amide bonds. The van der Waals surface area contributed by atoms with E-state index in [4.69, 9.17) is 23.2 Å².